The zero-order valence-corrected chi connectivity index (χ0v) is 11.5. The molecule has 1 rings (SSSR count). The maximum atomic E-state index is 11.7. The minimum Gasteiger partial charge on any atom is -0.383 e. The summed E-state index contributed by atoms with van der Waals surface area (Å²) in [5, 5.41) is 5.10. The largest absolute Gasteiger partial charge is 0.383 e. The van der Waals surface area contributed by atoms with E-state index in [1.807, 2.05) is 32.0 Å². The second-order valence-electron chi connectivity index (χ2n) is 4.44. The van der Waals surface area contributed by atoms with Crippen LogP contribution in [0.25, 0.3) is 0 Å². The van der Waals surface area contributed by atoms with Gasteiger partial charge >= 0.3 is 11.8 Å². The molecule has 0 saturated heterocycles. The van der Waals surface area contributed by atoms with Gasteiger partial charge in [-0.05, 0) is 17.5 Å². The Morgan fingerprint density at radius 3 is 2.53 bits per heavy atom. The summed E-state index contributed by atoms with van der Waals surface area (Å²) < 4.78 is 4.79. The second-order valence-corrected chi connectivity index (χ2v) is 4.44. The third-order valence-electron chi connectivity index (χ3n) is 2.63. The molecule has 0 aliphatic heterocycles. The maximum absolute atomic E-state index is 11.7. The third kappa shape index (κ3) is 4.71. The average Bonchev–Trinajstić information content (AvgIpc) is 2.39. The van der Waals surface area contributed by atoms with Crippen LogP contribution in [-0.4, -0.2) is 32.1 Å². The van der Waals surface area contributed by atoms with Gasteiger partial charge in [-0.3, -0.25) is 9.59 Å². The van der Waals surface area contributed by atoms with Crippen molar-refractivity contribution in [2.24, 2.45) is 0 Å². The molecule has 104 valence electrons. The van der Waals surface area contributed by atoms with Crippen LogP contribution in [0, 0.1) is 0 Å². The van der Waals surface area contributed by atoms with Crippen LogP contribution < -0.4 is 10.6 Å². The Labute approximate surface area is 113 Å². The smallest absolute Gasteiger partial charge is 0.313 e. The highest BCUT2D eigenvalue weighted by Gasteiger charge is 2.15. The number of benzene rings is 1. The zero-order valence-electron chi connectivity index (χ0n) is 11.5. The van der Waals surface area contributed by atoms with Crippen LogP contribution >= 0.6 is 0 Å². The summed E-state index contributed by atoms with van der Waals surface area (Å²) in [6.07, 6.45) is 0. The molecule has 0 saturated carbocycles. The normalized spacial score (nSPS) is 10.3. The van der Waals surface area contributed by atoms with Gasteiger partial charge in [-0.2, -0.15) is 0 Å². The van der Waals surface area contributed by atoms with E-state index in [1.165, 1.54) is 7.11 Å². The van der Waals surface area contributed by atoms with Gasteiger partial charge in [0.1, 0.15) is 0 Å². The molecule has 0 radical (unpaired) electrons. The molecule has 0 spiro atoms. The Morgan fingerprint density at radius 2 is 1.89 bits per heavy atom. The van der Waals surface area contributed by atoms with Gasteiger partial charge in [0.05, 0.1) is 6.61 Å². The molecule has 5 nitrogen and oxygen atoms in total. The van der Waals surface area contributed by atoms with Gasteiger partial charge in [0.2, 0.25) is 0 Å². The maximum Gasteiger partial charge on any atom is 0.313 e. The number of rotatable bonds is 5. The number of amides is 2. The summed E-state index contributed by atoms with van der Waals surface area (Å²) >= 11 is 0. The predicted molar refractivity (Wildman–Crippen MR) is 74.0 cm³/mol. The van der Waals surface area contributed by atoms with Crippen LogP contribution in [-0.2, 0) is 14.3 Å². The standard InChI is InChI=1S/C14H20N2O3/c1-10(2)11-6-4-5-7-12(11)16-14(18)13(17)15-8-9-19-3/h4-7,10H,8-9H2,1-3H3,(H,15,17)(H,16,18). The van der Waals surface area contributed by atoms with Crippen molar-refractivity contribution in [1.82, 2.24) is 5.32 Å². The molecular weight excluding hydrogens is 244 g/mol. The molecule has 19 heavy (non-hydrogen) atoms. The molecule has 0 aromatic heterocycles. The molecule has 5 heteroatoms. The zero-order chi connectivity index (χ0) is 14.3. The number of methoxy groups -OCH3 is 1. The van der Waals surface area contributed by atoms with Gasteiger partial charge in [0.25, 0.3) is 0 Å². The van der Waals surface area contributed by atoms with E-state index in [2.05, 4.69) is 10.6 Å². The molecule has 0 heterocycles. The number of anilines is 1. The number of hydrogen-bond donors (Lipinski definition) is 2. The van der Waals surface area contributed by atoms with Crippen LogP contribution in [0.3, 0.4) is 0 Å². The first kappa shape index (κ1) is 15.2. The lowest BCUT2D eigenvalue weighted by Crippen LogP contribution is -2.37. The topological polar surface area (TPSA) is 67.4 Å². The highest BCUT2D eigenvalue weighted by Crippen LogP contribution is 2.23. The molecule has 0 fully saturated rings. The van der Waals surface area contributed by atoms with E-state index in [0.717, 1.165) is 5.56 Å². The Kier molecular flexibility index (Phi) is 6.02. The van der Waals surface area contributed by atoms with E-state index < -0.39 is 11.8 Å². The SMILES string of the molecule is COCCNC(=O)C(=O)Nc1ccccc1C(C)C. The number of hydrogen-bond acceptors (Lipinski definition) is 3. The van der Waals surface area contributed by atoms with Gasteiger partial charge in [-0.25, -0.2) is 0 Å². The Morgan fingerprint density at radius 1 is 1.21 bits per heavy atom. The lowest BCUT2D eigenvalue weighted by Gasteiger charge is -2.13. The van der Waals surface area contributed by atoms with Crippen molar-refractivity contribution >= 4 is 17.5 Å². The first-order chi connectivity index (χ1) is 9.06. The van der Waals surface area contributed by atoms with Crippen molar-refractivity contribution in [2.45, 2.75) is 19.8 Å². The molecule has 0 bridgehead atoms. The first-order valence-corrected chi connectivity index (χ1v) is 6.23. The summed E-state index contributed by atoms with van der Waals surface area (Å²) in [6.45, 7) is 4.75. The number of carbonyl (C=O) groups excluding carboxylic acids is 2. The Balaban J connectivity index is 2.64. The third-order valence-corrected chi connectivity index (χ3v) is 2.63. The quantitative estimate of drug-likeness (QED) is 0.625. The fourth-order valence-electron chi connectivity index (χ4n) is 1.64. The van der Waals surface area contributed by atoms with Crippen LogP contribution in [0.15, 0.2) is 24.3 Å². The minimum atomic E-state index is -0.663. The molecule has 2 amide bonds. The number of nitrogens with one attached hydrogen (secondary N) is 2. The summed E-state index contributed by atoms with van der Waals surface area (Å²) in [7, 11) is 1.53. The van der Waals surface area contributed by atoms with Gasteiger partial charge < -0.3 is 15.4 Å². The van der Waals surface area contributed by atoms with Gasteiger partial charge in [0.15, 0.2) is 0 Å². The average molecular weight is 264 g/mol. The van der Waals surface area contributed by atoms with Gasteiger partial charge in [-0.1, -0.05) is 32.0 Å². The van der Waals surface area contributed by atoms with Crippen molar-refractivity contribution in [2.75, 3.05) is 25.6 Å². The highest BCUT2D eigenvalue weighted by molar-refractivity contribution is 6.39. The van der Waals surface area contributed by atoms with Crippen LogP contribution in [0.4, 0.5) is 5.69 Å². The lowest BCUT2D eigenvalue weighted by atomic mass is 10.0. The van der Waals surface area contributed by atoms with Crippen molar-refractivity contribution in [1.29, 1.82) is 0 Å². The van der Waals surface area contributed by atoms with Crippen molar-refractivity contribution in [3.8, 4) is 0 Å². The van der Waals surface area contributed by atoms with Crippen molar-refractivity contribution in [3.63, 3.8) is 0 Å². The van der Waals surface area contributed by atoms with Crippen molar-refractivity contribution < 1.29 is 14.3 Å². The van der Waals surface area contributed by atoms with E-state index in [0.29, 0.717) is 18.8 Å². The number of ether oxygens (including phenoxy) is 1. The molecule has 2 N–H and O–H groups in total. The van der Waals surface area contributed by atoms with E-state index in [4.69, 9.17) is 4.74 Å². The monoisotopic (exact) mass is 264 g/mol. The molecular formula is C14H20N2O3. The van der Waals surface area contributed by atoms with E-state index >= 15 is 0 Å². The molecule has 0 aliphatic carbocycles. The van der Waals surface area contributed by atoms with E-state index in [1.54, 1.807) is 6.07 Å². The fourth-order valence-corrected chi connectivity index (χ4v) is 1.64. The van der Waals surface area contributed by atoms with Gasteiger partial charge in [0, 0.05) is 19.3 Å². The summed E-state index contributed by atoms with van der Waals surface area (Å²) in [5.41, 5.74) is 1.67. The highest BCUT2D eigenvalue weighted by atomic mass is 16.5. The van der Waals surface area contributed by atoms with Crippen LogP contribution in [0.2, 0.25) is 0 Å². The van der Waals surface area contributed by atoms with Gasteiger partial charge in [-0.15, -0.1) is 0 Å². The molecule has 0 atom stereocenters. The summed E-state index contributed by atoms with van der Waals surface area (Å²) in [4.78, 5) is 23.2. The second kappa shape index (κ2) is 7.53. The summed E-state index contributed by atoms with van der Waals surface area (Å²) in [6, 6.07) is 7.45. The van der Waals surface area contributed by atoms with Crippen LogP contribution in [0.1, 0.15) is 25.3 Å². The Bertz CT molecular complexity index is 444. The Hall–Kier alpha value is -1.88. The molecule has 1 aromatic carbocycles. The molecule has 0 aliphatic rings. The van der Waals surface area contributed by atoms with E-state index in [9.17, 15) is 9.59 Å². The summed E-state index contributed by atoms with van der Waals surface area (Å²) in [5.74, 6) is -1.05. The van der Waals surface area contributed by atoms with Crippen LogP contribution in [0.5, 0.6) is 0 Å². The number of carbonyl (C=O) groups is 2. The fraction of sp³-hybridized carbons (Fsp3) is 0.429. The van der Waals surface area contributed by atoms with Crippen molar-refractivity contribution in [3.05, 3.63) is 29.8 Å². The van der Waals surface area contributed by atoms with E-state index in [-0.39, 0.29) is 5.92 Å². The lowest BCUT2D eigenvalue weighted by molar-refractivity contribution is -0.136. The molecule has 0 unspecified atom stereocenters. The molecule has 1 aromatic rings. The first-order valence-electron chi connectivity index (χ1n) is 6.23. The predicted octanol–water partition coefficient (Wildman–Crippen LogP) is 1.51. The number of para-hydroxylation sites is 1. The minimum absolute atomic E-state index is 0.271.